The van der Waals surface area contributed by atoms with Gasteiger partial charge in [-0.25, -0.2) is 0 Å². The van der Waals surface area contributed by atoms with Gasteiger partial charge in [0.15, 0.2) is 0 Å². The zero-order valence-electron chi connectivity index (χ0n) is 9.48. The van der Waals surface area contributed by atoms with Crippen molar-refractivity contribution in [3.05, 3.63) is 18.3 Å². The number of hydrogen-bond donors (Lipinski definition) is 1. The molecule has 1 heterocycles. The van der Waals surface area contributed by atoms with Crippen LogP contribution in [0.4, 0.5) is 5.82 Å². The highest BCUT2D eigenvalue weighted by atomic mass is 15.2. The van der Waals surface area contributed by atoms with Gasteiger partial charge in [-0.3, -0.25) is 0 Å². The summed E-state index contributed by atoms with van der Waals surface area (Å²) in [5, 5.41) is 11.4. The molecule has 3 nitrogen and oxygen atoms in total. The smallest absolute Gasteiger partial charge is 0.148 e. The SMILES string of the molecule is CC1CC(C)CC(Nc2cccnn2)C1. The average molecular weight is 205 g/mol. The van der Waals surface area contributed by atoms with Crippen molar-refractivity contribution in [1.29, 1.82) is 0 Å². The molecule has 1 aliphatic rings. The summed E-state index contributed by atoms with van der Waals surface area (Å²) < 4.78 is 0. The number of rotatable bonds is 2. The second kappa shape index (κ2) is 4.60. The molecule has 1 N–H and O–H groups in total. The molecule has 3 heteroatoms. The maximum atomic E-state index is 4.06. The van der Waals surface area contributed by atoms with Gasteiger partial charge in [-0.2, -0.15) is 5.10 Å². The monoisotopic (exact) mass is 205 g/mol. The maximum Gasteiger partial charge on any atom is 0.148 e. The van der Waals surface area contributed by atoms with Crippen LogP contribution >= 0.6 is 0 Å². The third-order valence-corrected chi connectivity index (χ3v) is 3.10. The fourth-order valence-electron chi connectivity index (χ4n) is 2.65. The number of nitrogens with zero attached hydrogens (tertiary/aromatic N) is 2. The summed E-state index contributed by atoms with van der Waals surface area (Å²) in [5.74, 6) is 2.55. The molecule has 0 aliphatic heterocycles. The van der Waals surface area contributed by atoms with Crippen molar-refractivity contribution >= 4 is 5.82 Å². The molecule has 1 aromatic heterocycles. The molecule has 2 unspecified atom stereocenters. The molecule has 82 valence electrons. The molecule has 0 bridgehead atoms. The summed E-state index contributed by atoms with van der Waals surface area (Å²) in [7, 11) is 0. The Morgan fingerprint density at radius 2 is 1.93 bits per heavy atom. The van der Waals surface area contributed by atoms with Gasteiger partial charge in [0, 0.05) is 12.2 Å². The minimum Gasteiger partial charge on any atom is -0.366 e. The van der Waals surface area contributed by atoms with Crippen molar-refractivity contribution in [2.45, 2.75) is 39.2 Å². The quantitative estimate of drug-likeness (QED) is 0.806. The Labute approximate surface area is 91.3 Å². The van der Waals surface area contributed by atoms with E-state index in [1.165, 1.54) is 19.3 Å². The Morgan fingerprint density at radius 1 is 1.20 bits per heavy atom. The van der Waals surface area contributed by atoms with E-state index in [4.69, 9.17) is 0 Å². The van der Waals surface area contributed by atoms with E-state index >= 15 is 0 Å². The van der Waals surface area contributed by atoms with Crippen molar-refractivity contribution in [3.63, 3.8) is 0 Å². The van der Waals surface area contributed by atoms with Gasteiger partial charge in [-0.05, 0) is 43.2 Å². The van der Waals surface area contributed by atoms with E-state index in [-0.39, 0.29) is 0 Å². The van der Waals surface area contributed by atoms with Crippen LogP contribution in [0.25, 0.3) is 0 Å². The molecule has 0 saturated heterocycles. The molecule has 0 amide bonds. The summed E-state index contributed by atoms with van der Waals surface area (Å²) in [6.45, 7) is 4.67. The van der Waals surface area contributed by atoms with E-state index in [0.29, 0.717) is 6.04 Å². The molecular weight excluding hydrogens is 186 g/mol. The van der Waals surface area contributed by atoms with Crippen molar-refractivity contribution in [2.75, 3.05) is 5.32 Å². The van der Waals surface area contributed by atoms with Crippen LogP contribution in [0.3, 0.4) is 0 Å². The highest BCUT2D eigenvalue weighted by Crippen LogP contribution is 2.29. The van der Waals surface area contributed by atoms with Crippen LogP contribution in [0, 0.1) is 11.8 Å². The molecule has 15 heavy (non-hydrogen) atoms. The largest absolute Gasteiger partial charge is 0.366 e. The lowest BCUT2D eigenvalue weighted by Crippen LogP contribution is -2.30. The molecular formula is C12H19N3. The lowest BCUT2D eigenvalue weighted by molar-refractivity contribution is 0.280. The normalized spacial score (nSPS) is 31.2. The first-order valence-electron chi connectivity index (χ1n) is 5.78. The molecule has 1 aliphatic carbocycles. The highest BCUT2D eigenvalue weighted by Gasteiger charge is 2.23. The van der Waals surface area contributed by atoms with Gasteiger partial charge in [0.2, 0.25) is 0 Å². The fourth-order valence-corrected chi connectivity index (χ4v) is 2.65. The lowest BCUT2D eigenvalue weighted by atomic mass is 9.80. The van der Waals surface area contributed by atoms with Crippen LogP contribution in [0.5, 0.6) is 0 Å². The summed E-state index contributed by atoms with van der Waals surface area (Å²) >= 11 is 0. The topological polar surface area (TPSA) is 37.8 Å². The zero-order valence-corrected chi connectivity index (χ0v) is 9.48. The van der Waals surface area contributed by atoms with Crippen molar-refractivity contribution < 1.29 is 0 Å². The van der Waals surface area contributed by atoms with Crippen LogP contribution in [0.1, 0.15) is 33.1 Å². The average Bonchev–Trinajstić information content (AvgIpc) is 2.17. The minimum absolute atomic E-state index is 0.570. The summed E-state index contributed by atoms with van der Waals surface area (Å²) in [4.78, 5) is 0. The van der Waals surface area contributed by atoms with E-state index in [9.17, 15) is 0 Å². The molecule has 1 aromatic rings. The van der Waals surface area contributed by atoms with E-state index < -0.39 is 0 Å². The summed E-state index contributed by atoms with van der Waals surface area (Å²) in [6, 6.07) is 4.47. The highest BCUT2D eigenvalue weighted by molar-refractivity contribution is 5.33. The molecule has 0 aromatic carbocycles. The van der Waals surface area contributed by atoms with Gasteiger partial charge in [0.25, 0.3) is 0 Å². The Morgan fingerprint density at radius 3 is 2.53 bits per heavy atom. The molecule has 1 fully saturated rings. The lowest BCUT2D eigenvalue weighted by Gasteiger charge is -2.32. The van der Waals surface area contributed by atoms with Crippen LogP contribution in [-0.2, 0) is 0 Å². The molecule has 0 radical (unpaired) electrons. The summed E-state index contributed by atoms with van der Waals surface area (Å²) in [6.07, 6.45) is 5.57. The van der Waals surface area contributed by atoms with Crippen molar-refractivity contribution in [2.24, 2.45) is 11.8 Å². The Balaban J connectivity index is 1.94. The number of hydrogen-bond acceptors (Lipinski definition) is 3. The first-order valence-corrected chi connectivity index (χ1v) is 5.78. The van der Waals surface area contributed by atoms with Crippen LogP contribution in [-0.4, -0.2) is 16.2 Å². The standard InChI is InChI=1S/C12H19N3/c1-9-6-10(2)8-11(7-9)14-12-4-3-5-13-15-12/h3-5,9-11H,6-8H2,1-2H3,(H,14,15). The van der Waals surface area contributed by atoms with E-state index in [1.807, 2.05) is 12.1 Å². The molecule has 2 atom stereocenters. The summed E-state index contributed by atoms with van der Waals surface area (Å²) in [5.41, 5.74) is 0. The van der Waals surface area contributed by atoms with Crippen molar-refractivity contribution in [1.82, 2.24) is 10.2 Å². The van der Waals surface area contributed by atoms with Crippen LogP contribution in [0.15, 0.2) is 18.3 Å². The minimum atomic E-state index is 0.570. The molecule has 2 rings (SSSR count). The molecule has 0 spiro atoms. The van der Waals surface area contributed by atoms with Gasteiger partial charge in [0.05, 0.1) is 0 Å². The second-order valence-corrected chi connectivity index (χ2v) is 4.87. The van der Waals surface area contributed by atoms with E-state index in [1.54, 1.807) is 6.20 Å². The number of anilines is 1. The maximum absolute atomic E-state index is 4.06. The van der Waals surface area contributed by atoms with Crippen LogP contribution in [0.2, 0.25) is 0 Å². The Kier molecular flexibility index (Phi) is 3.19. The zero-order chi connectivity index (χ0) is 10.7. The first kappa shape index (κ1) is 10.4. The van der Waals surface area contributed by atoms with E-state index in [2.05, 4.69) is 29.4 Å². The molecule has 1 saturated carbocycles. The Hall–Kier alpha value is -1.12. The van der Waals surface area contributed by atoms with Gasteiger partial charge in [0.1, 0.15) is 5.82 Å². The van der Waals surface area contributed by atoms with Crippen LogP contribution < -0.4 is 5.32 Å². The number of nitrogens with one attached hydrogen (secondary N) is 1. The van der Waals surface area contributed by atoms with Gasteiger partial charge < -0.3 is 5.32 Å². The Bertz CT molecular complexity index is 289. The van der Waals surface area contributed by atoms with Crippen molar-refractivity contribution in [3.8, 4) is 0 Å². The van der Waals surface area contributed by atoms with E-state index in [0.717, 1.165) is 17.7 Å². The third kappa shape index (κ3) is 2.91. The second-order valence-electron chi connectivity index (χ2n) is 4.87. The first-order chi connectivity index (χ1) is 7.24. The third-order valence-electron chi connectivity index (χ3n) is 3.10. The van der Waals surface area contributed by atoms with Gasteiger partial charge in [-0.1, -0.05) is 13.8 Å². The van der Waals surface area contributed by atoms with Gasteiger partial charge >= 0.3 is 0 Å². The van der Waals surface area contributed by atoms with Gasteiger partial charge in [-0.15, -0.1) is 5.10 Å². The number of aromatic nitrogens is 2. The predicted molar refractivity (Wildman–Crippen MR) is 61.6 cm³/mol. The predicted octanol–water partition coefficient (Wildman–Crippen LogP) is 2.71. The fraction of sp³-hybridized carbons (Fsp3) is 0.667.